The zero-order valence-electron chi connectivity index (χ0n) is 21.4. The molecule has 180 valence electrons. The third-order valence-corrected chi connectivity index (χ3v) is 10.3. The van der Waals surface area contributed by atoms with Gasteiger partial charge in [0.25, 0.3) is 0 Å². The van der Waals surface area contributed by atoms with Crippen LogP contribution >= 0.6 is 0 Å². The minimum Gasteiger partial charge on any atom is -0.496 e. The Labute approximate surface area is 199 Å². The van der Waals surface area contributed by atoms with Crippen LogP contribution in [0, 0.1) is 28.6 Å². The minimum absolute atomic E-state index is 0.0200. The van der Waals surface area contributed by atoms with Crippen LogP contribution in [0.2, 0.25) is 0 Å². The van der Waals surface area contributed by atoms with E-state index in [9.17, 15) is 4.79 Å². The van der Waals surface area contributed by atoms with Crippen molar-refractivity contribution in [3.05, 3.63) is 34.9 Å². The summed E-state index contributed by atoms with van der Waals surface area (Å²) in [7, 11) is 5.14. The molecule has 0 aromatic heterocycles. The zero-order chi connectivity index (χ0) is 23.8. The van der Waals surface area contributed by atoms with Crippen LogP contribution in [0.1, 0.15) is 83.3 Å². The van der Waals surface area contributed by atoms with Gasteiger partial charge in [0.2, 0.25) is 0 Å². The first-order valence-corrected chi connectivity index (χ1v) is 12.7. The summed E-state index contributed by atoms with van der Waals surface area (Å²) in [6, 6.07) is 4.19. The van der Waals surface area contributed by atoms with Crippen LogP contribution in [-0.2, 0) is 14.9 Å². The molecule has 4 nitrogen and oxygen atoms in total. The Morgan fingerprint density at radius 1 is 1.00 bits per heavy atom. The number of esters is 1. The fourth-order valence-corrected chi connectivity index (χ4v) is 9.00. The van der Waals surface area contributed by atoms with Crippen molar-refractivity contribution in [1.29, 1.82) is 0 Å². The monoisotopic (exact) mass is 452 g/mol. The van der Waals surface area contributed by atoms with E-state index in [0.717, 1.165) is 43.6 Å². The number of ether oxygens (including phenoxy) is 3. The molecule has 0 amide bonds. The van der Waals surface area contributed by atoms with E-state index in [4.69, 9.17) is 14.2 Å². The Kier molecular flexibility index (Phi) is 5.19. The highest BCUT2D eigenvalue weighted by atomic mass is 16.5. The van der Waals surface area contributed by atoms with E-state index in [1.54, 1.807) is 26.9 Å². The first kappa shape index (κ1) is 22.8. The summed E-state index contributed by atoms with van der Waals surface area (Å²) in [6.45, 7) is 9.31. The summed E-state index contributed by atoms with van der Waals surface area (Å²) >= 11 is 0. The lowest BCUT2D eigenvalue weighted by atomic mass is 9.37. The van der Waals surface area contributed by atoms with Crippen LogP contribution in [0.25, 0.3) is 0 Å². The van der Waals surface area contributed by atoms with E-state index in [1.165, 1.54) is 17.5 Å². The van der Waals surface area contributed by atoms with Crippen LogP contribution in [0.15, 0.2) is 23.8 Å². The van der Waals surface area contributed by atoms with Crippen LogP contribution < -0.4 is 9.47 Å². The van der Waals surface area contributed by atoms with E-state index in [0.29, 0.717) is 23.7 Å². The molecule has 0 radical (unpaired) electrons. The fourth-order valence-electron chi connectivity index (χ4n) is 9.00. The number of methoxy groups -OCH3 is 3. The van der Waals surface area contributed by atoms with E-state index < -0.39 is 5.41 Å². The highest BCUT2D eigenvalue weighted by Crippen LogP contribution is 2.73. The molecule has 5 aliphatic carbocycles. The van der Waals surface area contributed by atoms with Gasteiger partial charge < -0.3 is 14.2 Å². The molecule has 5 aliphatic rings. The van der Waals surface area contributed by atoms with Gasteiger partial charge in [-0.3, -0.25) is 4.79 Å². The summed E-state index contributed by atoms with van der Waals surface area (Å²) in [5, 5.41) is 0. The van der Waals surface area contributed by atoms with Gasteiger partial charge in [-0.15, -0.1) is 0 Å². The molecule has 0 unspecified atom stereocenters. The summed E-state index contributed by atoms with van der Waals surface area (Å²) in [5.41, 5.74) is 3.89. The lowest BCUT2D eigenvalue weighted by Crippen LogP contribution is -2.62. The van der Waals surface area contributed by atoms with Crippen molar-refractivity contribution >= 4 is 5.97 Å². The molecule has 0 heterocycles. The lowest BCUT2D eigenvalue weighted by molar-refractivity contribution is -0.175. The molecule has 0 N–H and O–H groups in total. The molecule has 6 atom stereocenters. The van der Waals surface area contributed by atoms with Gasteiger partial charge in [0.05, 0.1) is 26.7 Å². The van der Waals surface area contributed by atoms with Crippen molar-refractivity contribution in [2.45, 2.75) is 77.6 Å². The average molecular weight is 453 g/mol. The Bertz CT molecular complexity index is 1010. The fraction of sp³-hybridized carbons (Fsp3) is 0.690. The largest absolute Gasteiger partial charge is 0.496 e. The number of allylic oxidation sites excluding steroid dienone is 2. The number of hydrogen-bond acceptors (Lipinski definition) is 4. The smallest absolute Gasteiger partial charge is 0.311 e. The second-order valence-corrected chi connectivity index (χ2v) is 11.8. The molecular weight excluding hydrogens is 412 g/mol. The van der Waals surface area contributed by atoms with Crippen molar-refractivity contribution in [2.75, 3.05) is 21.3 Å². The first-order valence-electron chi connectivity index (χ1n) is 12.7. The standard InChI is InChI=1S/C29H40O4/c1-17(2)19-16-29-14-11-22-27(3,12-8-13-28(22,4)26(30)33-7)23(29)15-18(19)24-20(31-5)9-10-21(32-6)25(24)29/h9-10,16-18,22-23H,8,11-15H2,1-7H3/t18-,22+,23-,27-,28+,29+/m0/s1. The maximum atomic E-state index is 13.1. The van der Waals surface area contributed by atoms with Gasteiger partial charge in [0.1, 0.15) is 11.5 Å². The van der Waals surface area contributed by atoms with E-state index in [-0.39, 0.29) is 16.8 Å². The zero-order valence-corrected chi connectivity index (χ0v) is 21.4. The maximum absolute atomic E-state index is 13.1. The van der Waals surface area contributed by atoms with Crippen molar-refractivity contribution in [3.8, 4) is 11.5 Å². The third kappa shape index (κ3) is 2.79. The average Bonchev–Trinajstić information content (AvgIpc) is 2.82. The number of benzene rings is 1. The van der Waals surface area contributed by atoms with Crippen molar-refractivity contribution in [2.24, 2.45) is 28.6 Å². The molecule has 1 spiro atoms. The Morgan fingerprint density at radius 2 is 1.70 bits per heavy atom. The van der Waals surface area contributed by atoms with Gasteiger partial charge in [0, 0.05) is 22.5 Å². The quantitative estimate of drug-likeness (QED) is 0.390. The van der Waals surface area contributed by atoms with Gasteiger partial charge in [-0.25, -0.2) is 0 Å². The molecule has 2 bridgehead atoms. The normalized spacial score (nSPS) is 38.7. The van der Waals surface area contributed by atoms with Gasteiger partial charge >= 0.3 is 5.97 Å². The molecule has 1 aromatic rings. The van der Waals surface area contributed by atoms with Crippen LogP contribution in [0.5, 0.6) is 11.5 Å². The summed E-state index contributed by atoms with van der Waals surface area (Å²) in [6.07, 6.45) is 9.05. The molecule has 2 fully saturated rings. The third-order valence-electron chi connectivity index (χ3n) is 10.3. The second kappa shape index (κ2) is 7.52. The second-order valence-electron chi connectivity index (χ2n) is 11.8. The molecule has 33 heavy (non-hydrogen) atoms. The Balaban J connectivity index is 1.73. The number of hydrogen-bond donors (Lipinski definition) is 0. The van der Waals surface area contributed by atoms with E-state index in [2.05, 4.69) is 45.9 Å². The maximum Gasteiger partial charge on any atom is 0.311 e. The van der Waals surface area contributed by atoms with Gasteiger partial charge in [-0.2, -0.15) is 0 Å². The Morgan fingerprint density at radius 3 is 2.33 bits per heavy atom. The summed E-state index contributed by atoms with van der Waals surface area (Å²) in [4.78, 5) is 13.1. The molecule has 1 aromatic carbocycles. The number of fused-ring (bicyclic) bond motifs is 1. The predicted molar refractivity (Wildman–Crippen MR) is 130 cm³/mol. The van der Waals surface area contributed by atoms with Crippen LogP contribution in [-0.4, -0.2) is 27.3 Å². The van der Waals surface area contributed by atoms with Crippen molar-refractivity contribution in [1.82, 2.24) is 0 Å². The van der Waals surface area contributed by atoms with Gasteiger partial charge in [-0.05, 0) is 74.3 Å². The minimum atomic E-state index is -0.397. The van der Waals surface area contributed by atoms with Crippen LogP contribution in [0.3, 0.4) is 0 Å². The highest BCUT2D eigenvalue weighted by Gasteiger charge is 2.66. The van der Waals surface area contributed by atoms with E-state index in [1.807, 2.05) is 0 Å². The number of rotatable bonds is 4. The van der Waals surface area contributed by atoms with Gasteiger partial charge in [-0.1, -0.05) is 38.8 Å². The lowest BCUT2D eigenvalue weighted by Gasteiger charge is -2.66. The molecule has 2 saturated carbocycles. The predicted octanol–water partition coefficient (Wildman–Crippen LogP) is 6.42. The molecule has 0 saturated heterocycles. The topological polar surface area (TPSA) is 44.8 Å². The highest BCUT2D eigenvalue weighted by molar-refractivity contribution is 5.77. The molecule has 4 heteroatoms. The number of carbonyl (C=O) groups excluding carboxylic acids is 1. The Hall–Kier alpha value is -1.97. The van der Waals surface area contributed by atoms with Gasteiger partial charge in [0.15, 0.2) is 0 Å². The first-order chi connectivity index (χ1) is 15.7. The number of carbonyl (C=O) groups is 1. The summed E-state index contributed by atoms with van der Waals surface area (Å²) < 4.78 is 17.3. The molecular formula is C29H40O4. The van der Waals surface area contributed by atoms with Crippen molar-refractivity contribution in [3.63, 3.8) is 0 Å². The summed E-state index contributed by atoms with van der Waals surface area (Å²) in [5.74, 6) is 3.64. The van der Waals surface area contributed by atoms with Crippen molar-refractivity contribution < 1.29 is 19.0 Å². The van der Waals surface area contributed by atoms with Crippen LogP contribution in [0.4, 0.5) is 0 Å². The van der Waals surface area contributed by atoms with E-state index >= 15 is 0 Å². The SMILES string of the molecule is COC(=O)[C@]1(C)CCC[C@@]2(C)[C@H]1CC[C@@]13C=C(C(C)C)[C@H](C[C@@H]21)c1c(OC)ccc(OC)c13. The molecule has 6 rings (SSSR count). The molecule has 0 aliphatic heterocycles.